The molecule has 0 radical (unpaired) electrons. The molecule has 1 aliphatic rings. The highest BCUT2D eigenvalue weighted by Gasteiger charge is 2.31. The first-order chi connectivity index (χ1) is 17.6. The molecule has 2 aromatic carbocycles. The molecule has 0 N–H and O–H groups in total. The predicted octanol–water partition coefficient (Wildman–Crippen LogP) is 6.80. The SMILES string of the molecule is FC(F)(F)c1ccc(-c2ncc3c(n2)CCN(Cc2ccc(-c4cccc(C(F)(F)F)c4)nc2)C3)cc1. The molecule has 4 nitrogen and oxygen atoms in total. The first-order valence-electron chi connectivity index (χ1n) is 11.4. The van der Waals surface area contributed by atoms with E-state index in [-0.39, 0.29) is 0 Å². The first-order valence-corrected chi connectivity index (χ1v) is 11.4. The van der Waals surface area contributed by atoms with Crippen molar-refractivity contribution in [1.82, 2.24) is 19.9 Å². The van der Waals surface area contributed by atoms with E-state index in [0.29, 0.717) is 48.7 Å². The van der Waals surface area contributed by atoms with Crippen molar-refractivity contribution in [2.24, 2.45) is 0 Å². The molecule has 37 heavy (non-hydrogen) atoms. The van der Waals surface area contributed by atoms with Gasteiger partial charge in [-0.1, -0.05) is 30.3 Å². The average Bonchev–Trinajstić information content (AvgIpc) is 2.88. The number of fused-ring (bicyclic) bond motifs is 1. The Morgan fingerprint density at radius 1 is 0.757 bits per heavy atom. The second kappa shape index (κ2) is 9.59. The third-order valence-corrected chi connectivity index (χ3v) is 6.20. The molecule has 0 fully saturated rings. The fourth-order valence-electron chi connectivity index (χ4n) is 4.26. The summed E-state index contributed by atoms with van der Waals surface area (Å²) in [6, 6.07) is 13.4. The highest BCUT2D eigenvalue weighted by Crippen LogP contribution is 2.32. The van der Waals surface area contributed by atoms with Gasteiger partial charge < -0.3 is 0 Å². The van der Waals surface area contributed by atoms with Gasteiger partial charge in [-0.3, -0.25) is 9.88 Å². The summed E-state index contributed by atoms with van der Waals surface area (Å²) in [6.07, 6.45) is -4.79. The molecule has 0 amide bonds. The molecule has 0 bridgehead atoms. The van der Waals surface area contributed by atoms with Crippen LogP contribution in [-0.2, 0) is 31.9 Å². The number of hydrogen-bond donors (Lipinski definition) is 0. The van der Waals surface area contributed by atoms with E-state index in [1.165, 1.54) is 18.2 Å². The maximum atomic E-state index is 13.0. The van der Waals surface area contributed by atoms with Crippen molar-refractivity contribution in [3.63, 3.8) is 0 Å². The molecule has 0 saturated carbocycles. The quantitative estimate of drug-likeness (QED) is 0.281. The van der Waals surface area contributed by atoms with Gasteiger partial charge in [-0.15, -0.1) is 0 Å². The number of pyridine rings is 1. The van der Waals surface area contributed by atoms with E-state index in [9.17, 15) is 26.3 Å². The Morgan fingerprint density at radius 3 is 2.19 bits per heavy atom. The fourth-order valence-corrected chi connectivity index (χ4v) is 4.26. The summed E-state index contributed by atoms with van der Waals surface area (Å²) in [4.78, 5) is 15.5. The van der Waals surface area contributed by atoms with Gasteiger partial charge in [0.25, 0.3) is 0 Å². The van der Waals surface area contributed by atoms with E-state index < -0.39 is 23.5 Å². The Kier molecular flexibility index (Phi) is 6.45. The molecule has 10 heteroatoms. The van der Waals surface area contributed by atoms with Crippen LogP contribution < -0.4 is 0 Å². The maximum absolute atomic E-state index is 13.0. The van der Waals surface area contributed by atoms with Crippen molar-refractivity contribution in [3.8, 4) is 22.6 Å². The van der Waals surface area contributed by atoms with Gasteiger partial charge in [0.2, 0.25) is 0 Å². The normalized spacial score (nSPS) is 14.4. The lowest BCUT2D eigenvalue weighted by atomic mass is 10.0. The number of benzene rings is 2. The molecule has 3 heterocycles. The zero-order valence-electron chi connectivity index (χ0n) is 19.3. The van der Waals surface area contributed by atoms with Gasteiger partial charge in [-0.25, -0.2) is 9.97 Å². The molecule has 1 aliphatic heterocycles. The van der Waals surface area contributed by atoms with Crippen molar-refractivity contribution >= 4 is 0 Å². The van der Waals surface area contributed by atoms with E-state index in [0.717, 1.165) is 41.1 Å². The third kappa shape index (κ3) is 5.64. The summed E-state index contributed by atoms with van der Waals surface area (Å²) in [5.41, 5.74) is 2.66. The lowest BCUT2D eigenvalue weighted by molar-refractivity contribution is -0.138. The number of aromatic nitrogens is 3. The summed E-state index contributed by atoms with van der Waals surface area (Å²) in [7, 11) is 0. The summed E-state index contributed by atoms with van der Waals surface area (Å²) < 4.78 is 77.5. The highest BCUT2D eigenvalue weighted by molar-refractivity contribution is 5.60. The Hall–Kier alpha value is -3.79. The topological polar surface area (TPSA) is 41.9 Å². The van der Waals surface area contributed by atoms with Crippen LogP contribution in [0.25, 0.3) is 22.6 Å². The van der Waals surface area contributed by atoms with Gasteiger partial charge in [0, 0.05) is 55.1 Å². The molecule has 0 aliphatic carbocycles. The van der Waals surface area contributed by atoms with Crippen LogP contribution in [0, 0.1) is 0 Å². The van der Waals surface area contributed by atoms with Crippen LogP contribution in [0.4, 0.5) is 26.3 Å². The minimum absolute atomic E-state index is 0.385. The molecular formula is C27H20F6N4. The minimum Gasteiger partial charge on any atom is -0.294 e. The lowest BCUT2D eigenvalue weighted by Crippen LogP contribution is -2.31. The Balaban J connectivity index is 1.25. The lowest BCUT2D eigenvalue weighted by Gasteiger charge is -2.28. The van der Waals surface area contributed by atoms with Crippen LogP contribution in [0.3, 0.4) is 0 Å². The zero-order valence-corrected chi connectivity index (χ0v) is 19.3. The fraction of sp³-hybridized carbons (Fsp3) is 0.222. The largest absolute Gasteiger partial charge is 0.416 e. The van der Waals surface area contributed by atoms with E-state index in [1.807, 2.05) is 6.07 Å². The highest BCUT2D eigenvalue weighted by atomic mass is 19.4. The van der Waals surface area contributed by atoms with Crippen LogP contribution in [-0.4, -0.2) is 26.4 Å². The van der Waals surface area contributed by atoms with Crippen LogP contribution >= 0.6 is 0 Å². The van der Waals surface area contributed by atoms with E-state index in [2.05, 4.69) is 19.9 Å². The molecular weight excluding hydrogens is 494 g/mol. The third-order valence-electron chi connectivity index (χ3n) is 6.20. The first kappa shape index (κ1) is 24.9. The monoisotopic (exact) mass is 514 g/mol. The summed E-state index contributed by atoms with van der Waals surface area (Å²) in [5.74, 6) is 0.385. The van der Waals surface area contributed by atoms with Crippen molar-refractivity contribution < 1.29 is 26.3 Å². The Labute approximate surface area is 208 Å². The van der Waals surface area contributed by atoms with Gasteiger partial charge in [-0.2, -0.15) is 26.3 Å². The Bertz CT molecular complexity index is 1400. The standard InChI is InChI=1S/C27H20F6N4/c28-26(29,30)21-7-5-18(6-8-21)25-35-14-20-16-37(11-10-24(20)36-25)15-17-4-9-23(34-13-17)19-2-1-3-22(12-19)27(31,32)33/h1-9,12-14H,10-11,15-16H2. The van der Waals surface area contributed by atoms with Crippen LogP contribution in [0.15, 0.2) is 73.1 Å². The van der Waals surface area contributed by atoms with E-state index in [1.54, 1.807) is 24.5 Å². The van der Waals surface area contributed by atoms with Gasteiger partial charge in [-0.05, 0) is 35.9 Å². The molecule has 2 aromatic heterocycles. The molecule has 0 saturated heterocycles. The van der Waals surface area contributed by atoms with Crippen molar-refractivity contribution in [1.29, 1.82) is 0 Å². The number of halogens is 6. The van der Waals surface area contributed by atoms with Gasteiger partial charge in [0.15, 0.2) is 5.82 Å². The molecule has 0 spiro atoms. The van der Waals surface area contributed by atoms with Gasteiger partial charge in [0.1, 0.15) is 0 Å². The Morgan fingerprint density at radius 2 is 1.51 bits per heavy atom. The van der Waals surface area contributed by atoms with E-state index in [4.69, 9.17) is 0 Å². The van der Waals surface area contributed by atoms with Gasteiger partial charge in [0.05, 0.1) is 22.5 Å². The van der Waals surface area contributed by atoms with E-state index >= 15 is 0 Å². The van der Waals surface area contributed by atoms with Gasteiger partial charge >= 0.3 is 12.4 Å². The van der Waals surface area contributed by atoms with Crippen LogP contribution in [0.2, 0.25) is 0 Å². The summed E-state index contributed by atoms with van der Waals surface area (Å²) >= 11 is 0. The molecule has 5 rings (SSSR count). The zero-order chi connectivity index (χ0) is 26.2. The minimum atomic E-state index is -4.41. The van der Waals surface area contributed by atoms with Crippen molar-refractivity contribution in [2.45, 2.75) is 31.9 Å². The summed E-state index contributed by atoms with van der Waals surface area (Å²) in [5, 5.41) is 0. The average molecular weight is 514 g/mol. The van der Waals surface area contributed by atoms with Crippen molar-refractivity contribution in [3.05, 3.63) is 101 Å². The summed E-state index contributed by atoms with van der Waals surface area (Å²) in [6.45, 7) is 1.90. The molecule has 190 valence electrons. The molecule has 0 unspecified atom stereocenters. The number of rotatable bonds is 4. The predicted molar refractivity (Wildman–Crippen MR) is 125 cm³/mol. The molecule has 4 aromatic rings. The van der Waals surface area contributed by atoms with Crippen LogP contribution in [0.5, 0.6) is 0 Å². The van der Waals surface area contributed by atoms with Crippen molar-refractivity contribution in [2.75, 3.05) is 6.54 Å². The maximum Gasteiger partial charge on any atom is 0.416 e. The number of nitrogens with zero attached hydrogens (tertiary/aromatic N) is 4. The number of hydrogen-bond acceptors (Lipinski definition) is 4. The van der Waals surface area contributed by atoms with Crippen LogP contribution in [0.1, 0.15) is 27.9 Å². The smallest absolute Gasteiger partial charge is 0.294 e. The second-order valence-electron chi connectivity index (χ2n) is 8.83. The molecule has 0 atom stereocenters. The second-order valence-corrected chi connectivity index (χ2v) is 8.83. The number of alkyl halides is 6.